The number of aromatic nitrogens is 2. The van der Waals surface area contributed by atoms with Crippen LogP contribution in [0.4, 0.5) is 5.69 Å². The molecular formula is C20H22N4O2. The van der Waals surface area contributed by atoms with Crippen LogP contribution in [-0.2, 0) is 6.54 Å². The molecule has 0 saturated carbocycles. The van der Waals surface area contributed by atoms with E-state index in [2.05, 4.69) is 19.8 Å². The number of aryl methyl sites for hydroxylation is 1. The van der Waals surface area contributed by atoms with Gasteiger partial charge in [-0.2, -0.15) is 0 Å². The molecule has 0 unspecified atom stereocenters. The summed E-state index contributed by atoms with van der Waals surface area (Å²) in [6, 6.07) is 13.1. The summed E-state index contributed by atoms with van der Waals surface area (Å²) in [5, 5.41) is 10.3. The quantitative estimate of drug-likeness (QED) is 0.758. The molecule has 4 rings (SSSR count). The number of phenols is 1. The third-order valence-electron chi connectivity index (χ3n) is 4.93. The van der Waals surface area contributed by atoms with Gasteiger partial charge in [0.1, 0.15) is 11.6 Å². The molecule has 1 aromatic heterocycles. The second kappa shape index (κ2) is 6.80. The summed E-state index contributed by atoms with van der Waals surface area (Å²) in [7, 11) is 0. The highest BCUT2D eigenvalue weighted by Gasteiger charge is 2.18. The molecule has 26 heavy (non-hydrogen) atoms. The minimum absolute atomic E-state index is 0.0681. The highest BCUT2D eigenvalue weighted by Crippen LogP contribution is 2.21. The smallest absolute Gasteiger partial charge is 0.259 e. The third-order valence-corrected chi connectivity index (χ3v) is 4.93. The summed E-state index contributed by atoms with van der Waals surface area (Å²) in [5.41, 5.74) is 2.67. The van der Waals surface area contributed by atoms with E-state index in [0.29, 0.717) is 17.8 Å². The number of anilines is 1. The average molecular weight is 350 g/mol. The molecule has 1 saturated heterocycles. The fraction of sp³-hybridized carbons (Fsp3) is 0.300. The molecule has 0 radical (unpaired) electrons. The summed E-state index contributed by atoms with van der Waals surface area (Å²) in [4.78, 5) is 24.5. The molecular weight excluding hydrogens is 328 g/mol. The maximum Gasteiger partial charge on any atom is 0.259 e. The maximum atomic E-state index is 12.4. The van der Waals surface area contributed by atoms with E-state index in [1.807, 2.05) is 37.3 Å². The first kappa shape index (κ1) is 16.6. The molecule has 1 fully saturated rings. The molecule has 2 aromatic carbocycles. The second-order valence-electron chi connectivity index (χ2n) is 6.76. The van der Waals surface area contributed by atoms with E-state index in [0.717, 1.165) is 42.9 Å². The van der Waals surface area contributed by atoms with Gasteiger partial charge in [-0.1, -0.05) is 18.2 Å². The minimum atomic E-state index is -0.0681. The Morgan fingerprint density at radius 1 is 1.12 bits per heavy atom. The Labute approximate surface area is 151 Å². The van der Waals surface area contributed by atoms with Crippen molar-refractivity contribution in [3.05, 3.63) is 64.2 Å². The van der Waals surface area contributed by atoms with E-state index in [1.165, 1.54) is 0 Å². The highest BCUT2D eigenvalue weighted by molar-refractivity contribution is 5.80. The number of aromatic amines is 1. The molecule has 2 N–H and O–H groups in total. The van der Waals surface area contributed by atoms with Crippen molar-refractivity contribution < 1.29 is 5.11 Å². The van der Waals surface area contributed by atoms with Crippen molar-refractivity contribution in [3.63, 3.8) is 0 Å². The standard InChI is InChI=1S/C20H22N4O2/c1-14-4-2-7-17-19(14)20(26)22-18(21-17)13-23-8-10-24(11-9-23)15-5-3-6-16(25)12-15/h2-7,12,25H,8-11,13H2,1H3,(H,21,22,26). The summed E-state index contributed by atoms with van der Waals surface area (Å²) < 4.78 is 0. The van der Waals surface area contributed by atoms with Gasteiger partial charge in [-0.3, -0.25) is 9.69 Å². The number of nitrogens with zero attached hydrogens (tertiary/aromatic N) is 3. The lowest BCUT2D eigenvalue weighted by Gasteiger charge is -2.35. The number of nitrogens with one attached hydrogen (secondary N) is 1. The number of hydrogen-bond donors (Lipinski definition) is 2. The summed E-state index contributed by atoms with van der Waals surface area (Å²) in [6.07, 6.45) is 0. The van der Waals surface area contributed by atoms with Gasteiger partial charge in [-0.25, -0.2) is 4.98 Å². The lowest BCUT2D eigenvalue weighted by atomic mass is 10.1. The lowest BCUT2D eigenvalue weighted by Crippen LogP contribution is -2.46. The fourth-order valence-electron chi connectivity index (χ4n) is 3.55. The van der Waals surface area contributed by atoms with Crippen molar-refractivity contribution in [2.75, 3.05) is 31.1 Å². The summed E-state index contributed by atoms with van der Waals surface area (Å²) >= 11 is 0. The Balaban J connectivity index is 1.46. The van der Waals surface area contributed by atoms with Gasteiger partial charge in [0.2, 0.25) is 0 Å². The van der Waals surface area contributed by atoms with Crippen LogP contribution >= 0.6 is 0 Å². The number of benzene rings is 2. The van der Waals surface area contributed by atoms with E-state index in [4.69, 9.17) is 0 Å². The molecule has 0 bridgehead atoms. The van der Waals surface area contributed by atoms with Crippen LogP contribution in [0.25, 0.3) is 10.9 Å². The van der Waals surface area contributed by atoms with Crippen LogP contribution < -0.4 is 10.5 Å². The maximum absolute atomic E-state index is 12.4. The van der Waals surface area contributed by atoms with E-state index in [9.17, 15) is 9.90 Å². The van der Waals surface area contributed by atoms with Crippen LogP contribution in [-0.4, -0.2) is 46.2 Å². The van der Waals surface area contributed by atoms with E-state index >= 15 is 0 Å². The van der Waals surface area contributed by atoms with Crippen molar-refractivity contribution in [1.29, 1.82) is 0 Å². The topological polar surface area (TPSA) is 72.5 Å². The van der Waals surface area contributed by atoms with Crippen molar-refractivity contribution in [2.24, 2.45) is 0 Å². The van der Waals surface area contributed by atoms with Gasteiger partial charge in [0.25, 0.3) is 5.56 Å². The molecule has 134 valence electrons. The van der Waals surface area contributed by atoms with Crippen LogP contribution in [0.15, 0.2) is 47.3 Å². The van der Waals surface area contributed by atoms with Crippen LogP contribution in [0.3, 0.4) is 0 Å². The van der Waals surface area contributed by atoms with Gasteiger partial charge in [0, 0.05) is 37.9 Å². The third kappa shape index (κ3) is 3.28. The predicted octanol–water partition coefficient (Wildman–Crippen LogP) is 2.26. The molecule has 6 nitrogen and oxygen atoms in total. The summed E-state index contributed by atoms with van der Waals surface area (Å²) in [6.45, 7) is 6.07. The Morgan fingerprint density at radius 2 is 1.88 bits per heavy atom. The molecule has 0 atom stereocenters. The van der Waals surface area contributed by atoms with Crippen molar-refractivity contribution in [1.82, 2.24) is 14.9 Å². The van der Waals surface area contributed by atoms with Crippen LogP contribution in [0.2, 0.25) is 0 Å². The number of hydrogen-bond acceptors (Lipinski definition) is 5. The Kier molecular flexibility index (Phi) is 4.34. The van der Waals surface area contributed by atoms with Crippen LogP contribution in [0.1, 0.15) is 11.4 Å². The van der Waals surface area contributed by atoms with E-state index < -0.39 is 0 Å². The summed E-state index contributed by atoms with van der Waals surface area (Å²) in [5.74, 6) is 0.997. The van der Waals surface area contributed by atoms with Gasteiger partial charge >= 0.3 is 0 Å². The molecule has 0 spiro atoms. The number of rotatable bonds is 3. The monoisotopic (exact) mass is 350 g/mol. The van der Waals surface area contributed by atoms with Crippen LogP contribution in [0.5, 0.6) is 5.75 Å². The van der Waals surface area contributed by atoms with Gasteiger partial charge < -0.3 is 15.0 Å². The minimum Gasteiger partial charge on any atom is -0.508 e. The Bertz CT molecular complexity index is 991. The SMILES string of the molecule is Cc1cccc2nc(CN3CCN(c4cccc(O)c4)CC3)[nH]c(=O)c12. The predicted molar refractivity (Wildman–Crippen MR) is 103 cm³/mol. The zero-order chi connectivity index (χ0) is 18.1. The number of piperazine rings is 1. The zero-order valence-corrected chi connectivity index (χ0v) is 14.8. The first-order chi connectivity index (χ1) is 12.6. The fourth-order valence-corrected chi connectivity index (χ4v) is 3.55. The molecule has 1 aliphatic heterocycles. The number of aromatic hydroxyl groups is 1. The molecule has 2 heterocycles. The molecule has 6 heteroatoms. The number of fused-ring (bicyclic) bond motifs is 1. The van der Waals surface area contributed by atoms with Crippen molar-refractivity contribution in [2.45, 2.75) is 13.5 Å². The number of phenolic OH excluding ortho intramolecular Hbond substituents is 1. The Morgan fingerprint density at radius 3 is 2.65 bits per heavy atom. The average Bonchev–Trinajstić information content (AvgIpc) is 2.62. The van der Waals surface area contributed by atoms with Gasteiger partial charge in [0.15, 0.2) is 0 Å². The molecule has 0 aliphatic carbocycles. The molecule has 3 aromatic rings. The van der Waals surface area contributed by atoms with Gasteiger partial charge in [-0.15, -0.1) is 0 Å². The van der Waals surface area contributed by atoms with E-state index in [1.54, 1.807) is 12.1 Å². The van der Waals surface area contributed by atoms with Crippen LogP contribution in [0, 0.1) is 6.92 Å². The number of H-pyrrole nitrogens is 1. The highest BCUT2D eigenvalue weighted by atomic mass is 16.3. The molecule has 1 aliphatic rings. The lowest BCUT2D eigenvalue weighted by molar-refractivity contribution is 0.244. The normalized spacial score (nSPS) is 15.5. The van der Waals surface area contributed by atoms with E-state index in [-0.39, 0.29) is 11.3 Å². The van der Waals surface area contributed by atoms with Gasteiger partial charge in [0.05, 0.1) is 17.4 Å². The Hall–Kier alpha value is -2.86. The zero-order valence-electron chi connectivity index (χ0n) is 14.8. The second-order valence-corrected chi connectivity index (χ2v) is 6.76. The first-order valence-electron chi connectivity index (χ1n) is 8.85. The van der Waals surface area contributed by atoms with Crippen molar-refractivity contribution >= 4 is 16.6 Å². The molecule has 0 amide bonds. The van der Waals surface area contributed by atoms with Crippen molar-refractivity contribution in [3.8, 4) is 5.75 Å². The first-order valence-corrected chi connectivity index (χ1v) is 8.85. The van der Waals surface area contributed by atoms with Gasteiger partial charge in [-0.05, 0) is 30.7 Å². The largest absolute Gasteiger partial charge is 0.508 e.